The van der Waals surface area contributed by atoms with Crippen molar-refractivity contribution in [1.82, 2.24) is 0 Å². The molecular formula is C14H16S. The number of aryl methyl sites for hydroxylation is 1. The summed E-state index contributed by atoms with van der Waals surface area (Å²) >= 11 is 1.81. The summed E-state index contributed by atoms with van der Waals surface area (Å²) in [6.07, 6.45) is 1.07. The molecule has 0 atom stereocenters. The Kier molecular flexibility index (Phi) is 2.74. The number of rotatable bonds is 1. The minimum atomic E-state index is 1.07. The molecule has 2 rings (SSSR count). The molecule has 0 radical (unpaired) electrons. The number of hydrogen-bond acceptors (Lipinski definition) is 1. The van der Waals surface area contributed by atoms with E-state index in [2.05, 4.69) is 45.5 Å². The normalized spacial score (nSPS) is 15.5. The van der Waals surface area contributed by atoms with Crippen LogP contribution in [-0.2, 0) is 0 Å². The molecule has 1 aliphatic heterocycles. The van der Waals surface area contributed by atoms with Crippen LogP contribution in [0, 0.1) is 6.92 Å². The number of fused-ring (bicyclic) bond motifs is 1. The third kappa shape index (κ3) is 1.76. The molecule has 0 amide bonds. The summed E-state index contributed by atoms with van der Waals surface area (Å²) in [6.45, 7) is 10.7. The highest BCUT2D eigenvalue weighted by atomic mass is 32.2. The maximum Gasteiger partial charge on any atom is 0.0200 e. The first-order valence-corrected chi connectivity index (χ1v) is 6.13. The summed E-state index contributed by atoms with van der Waals surface area (Å²) in [4.78, 5) is 2.57. The third-order valence-electron chi connectivity index (χ3n) is 2.92. The Morgan fingerprint density at radius 2 is 2.00 bits per heavy atom. The molecule has 1 aromatic carbocycles. The number of thioether (sulfide) groups is 1. The van der Waals surface area contributed by atoms with Crippen LogP contribution in [0.5, 0.6) is 0 Å². The molecule has 0 spiro atoms. The van der Waals surface area contributed by atoms with Gasteiger partial charge in [-0.1, -0.05) is 37.4 Å². The Labute approximate surface area is 96.1 Å². The highest BCUT2D eigenvalue weighted by Crippen LogP contribution is 2.44. The number of benzene rings is 1. The van der Waals surface area contributed by atoms with Gasteiger partial charge in [0.05, 0.1) is 0 Å². The second kappa shape index (κ2) is 3.90. The second-order valence-corrected chi connectivity index (χ2v) is 5.12. The topological polar surface area (TPSA) is 0 Å². The lowest BCUT2D eigenvalue weighted by atomic mass is 9.98. The summed E-state index contributed by atoms with van der Waals surface area (Å²) < 4.78 is 0. The van der Waals surface area contributed by atoms with Crippen LogP contribution in [0.1, 0.15) is 31.4 Å². The van der Waals surface area contributed by atoms with Crippen LogP contribution < -0.4 is 0 Å². The fraction of sp³-hybridized carbons (Fsp3) is 0.286. The molecule has 0 unspecified atom stereocenters. The molecular weight excluding hydrogens is 200 g/mol. The van der Waals surface area contributed by atoms with Gasteiger partial charge in [-0.3, -0.25) is 0 Å². The lowest BCUT2D eigenvalue weighted by Gasteiger charge is -2.22. The van der Waals surface area contributed by atoms with Gasteiger partial charge in [0.2, 0.25) is 0 Å². The molecule has 0 aromatic heterocycles. The van der Waals surface area contributed by atoms with Crippen LogP contribution in [0.25, 0.3) is 5.57 Å². The molecule has 0 N–H and O–H groups in total. The first-order valence-electron chi connectivity index (χ1n) is 5.31. The number of hydrogen-bond donors (Lipinski definition) is 0. The summed E-state index contributed by atoms with van der Waals surface area (Å²) in [5.74, 6) is 0. The molecule has 78 valence electrons. The zero-order valence-electron chi connectivity index (χ0n) is 9.55. The van der Waals surface area contributed by atoms with E-state index >= 15 is 0 Å². The molecule has 1 heterocycles. The van der Waals surface area contributed by atoms with E-state index in [-0.39, 0.29) is 0 Å². The van der Waals surface area contributed by atoms with Crippen LogP contribution in [0.3, 0.4) is 0 Å². The van der Waals surface area contributed by atoms with Gasteiger partial charge in [0.1, 0.15) is 0 Å². The van der Waals surface area contributed by atoms with Gasteiger partial charge in [-0.05, 0) is 48.6 Å². The quantitative estimate of drug-likeness (QED) is 0.650. The Hall–Kier alpha value is -0.950. The van der Waals surface area contributed by atoms with Crippen LogP contribution in [-0.4, -0.2) is 0 Å². The van der Waals surface area contributed by atoms with Gasteiger partial charge in [0, 0.05) is 9.80 Å². The first-order chi connectivity index (χ1) is 7.13. The van der Waals surface area contributed by atoms with E-state index in [0.717, 1.165) is 6.42 Å². The van der Waals surface area contributed by atoms with E-state index in [1.54, 1.807) is 0 Å². The van der Waals surface area contributed by atoms with Crippen molar-refractivity contribution in [3.8, 4) is 0 Å². The van der Waals surface area contributed by atoms with Gasteiger partial charge in [-0.15, -0.1) is 0 Å². The summed E-state index contributed by atoms with van der Waals surface area (Å²) in [5.41, 5.74) is 5.52. The highest BCUT2D eigenvalue weighted by molar-refractivity contribution is 8.03. The van der Waals surface area contributed by atoms with E-state index in [1.165, 1.54) is 32.1 Å². The van der Waals surface area contributed by atoms with Crippen LogP contribution in [0.15, 0.2) is 40.2 Å². The summed E-state index contributed by atoms with van der Waals surface area (Å²) in [5, 5.41) is 0. The number of allylic oxidation sites excluding steroid dienone is 2. The monoisotopic (exact) mass is 216 g/mol. The summed E-state index contributed by atoms with van der Waals surface area (Å²) in [6, 6.07) is 6.67. The van der Waals surface area contributed by atoms with Gasteiger partial charge in [-0.25, -0.2) is 0 Å². The lowest BCUT2D eigenvalue weighted by Crippen LogP contribution is -1.98. The highest BCUT2D eigenvalue weighted by Gasteiger charge is 2.18. The molecule has 1 aromatic rings. The minimum absolute atomic E-state index is 1.07. The van der Waals surface area contributed by atoms with E-state index < -0.39 is 0 Å². The Morgan fingerprint density at radius 1 is 1.27 bits per heavy atom. The molecule has 1 aliphatic rings. The zero-order chi connectivity index (χ0) is 11.0. The molecule has 0 nitrogen and oxygen atoms in total. The average molecular weight is 216 g/mol. The van der Waals surface area contributed by atoms with Crippen molar-refractivity contribution in [2.75, 3.05) is 0 Å². The van der Waals surface area contributed by atoms with Crippen LogP contribution in [0.2, 0.25) is 0 Å². The molecule has 0 fully saturated rings. The van der Waals surface area contributed by atoms with Gasteiger partial charge in [0.25, 0.3) is 0 Å². The minimum Gasteiger partial charge on any atom is -0.0898 e. The standard InChI is InChI=1S/C14H16S/c1-5-12-10(3)13-7-6-9(2)8-14(13)15-11(12)4/h6-8H,4-5H2,1-3H3. The molecule has 0 saturated heterocycles. The van der Waals surface area contributed by atoms with Gasteiger partial charge in [-0.2, -0.15) is 0 Å². The van der Waals surface area contributed by atoms with Crippen molar-refractivity contribution in [1.29, 1.82) is 0 Å². The molecule has 1 heteroatoms. The van der Waals surface area contributed by atoms with Crippen molar-refractivity contribution in [2.45, 2.75) is 32.1 Å². The maximum absolute atomic E-state index is 4.15. The van der Waals surface area contributed by atoms with Crippen molar-refractivity contribution >= 4 is 17.3 Å². The van der Waals surface area contributed by atoms with E-state index in [9.17, 15) is 0 Å². The Morgan fingerprint density at radius 3 is 2.67 bits per heavy atom. The maximum atomic E-state index is 4.15. The zero-order valence-corrected chi connectivity index (χ0v) is 10.4. The summed E-state index contributed by atoms with van der Waals surface area (Å²) in [7, 11) is 0. The van der Waals surface area contributed by atoms with Crippen LogP contribution >= 0.6 is 11.8 Å². The molecule has 0 saturated carbocycles. The third-order valence-corrected chi connectivity index (χ3v) is 3.97. The van der Waals surface area contributed by atoms with Crippen molar-refractivity contribution in [2.24, 2.45) is 0 Å². The average Bonchev–Trinajstić information content (AvgIpc) is 2.17. The predicted octanol–water partition coefficient (Wildman–Crippen LogP) is 4.80. The molecule has 15 heavy (non-hydrogen) atoms. The largest absolute Gasteiger partial charge is 0.0898 e. The molecule has 0 aliphatic carbocycles. The SMILES string of the molecule is C=C1Sc2cc(C)ccc2C(C)=C1CC. The van der Waals surface area contributed by atoms with Gasteiger partial charge in [0.15, 0.2) is 0 Å². The van der Waals surface area contributed by atoms with Crippen LogP contribution in [0.4, 0.5) is 0 Å². The second-order valence-electron chi connectivity index (χ2n) is 3.98. The van der Waals surface area contributed by atoms with Gasteiger partial charge < -0.3 is 0 Å². The van der Waals surface area contributed by atoms with E-state index in [0.29, 0.717) is 0 Å². The lowest BCUT2D eigenvalue weighted by molar-refractivity contribution is 1.13. The van der Waals surface area contributed by atoms with Gasteiger partial charge >= 0.3 is 0 Å². The van der Waals surface area contributed by atoms with Crippen molar-refractivity contribution < 1.29 is 0 Å². The fourth-order valence-corrected chi connectivity index (χ4v) is 3.31. The van der Waals surface area contributed by atoms with E-state index in [1.807, 2.05) is 11.8 Å². The van der Waals surface area contributed by atoms with Crippen molar-refractivity contribution in [3.05, 3.63) is 46.4 Å². The van der Waals surface area contributed by atoms with Crippen molar-refractivity contribution in [3.63, 3.8) is 0 Å². The predicted molar refractivity (Wildman–Crippen MR) is 69.1 cm³/mol. The molecule has 0 bridgehead atoms. The smallest absolute Gasteiger partial charge is 0.0200 e. The Balaban J connectivity index is 2.62. The fourth-order valence-electron chi connectivity index (χ4n) is 2.05. The van der Waals surface area contributed by atoms with E-state index in [4.69, 9.17) is 0 Å². The Bertz CT molecular complexity index is 452. The first kappa shape index (κ1) is 10.6.